The maximum Gasteiger partial charge on any atom is 0.325 e. The van der Waals surface area contributed by atoms with E-state index in [0.29, 0.717) is 0 Å². The Morgan fingerprint density at radius 2 is 1.80 bits per heavy atom. The van der Waals surface area contributed by atoms with Crippen molar-refractivity contribution in [3.63, 3.8) is 0 Å². The molecule has 0 saturated carbocycles. The fraction of sp³-hybridized carbons (Fsp3) is 0.417. The van der Waals surface area contributed by atoms with E-state index in [1.54, 1.807) is 0 Å². The predicted octanol–water partition coefficient (Wildman–Crippen LogP) is 2.15. The fourth-order valence-electron chi connectivity index (χ4n) is 1.73. The summed E-state index contributed by atoms with van der Waals surface area (Å²) in [6, 6.07) is 8.82. The molecule has 0 radical (unpaired) electrons. The van der Waals surface area contributed by atoms with Crippen LogP contribution in [0, 0.1) is 0 Å². The number of nitrogens with zero attached hydrogens (tertiary/aromatic N) is 1. The van der Waals surface area contributed by atoms with E-state index in [4.69, 9.17) is 0 Å². The lowest BCUT2D eigenvalue weighted by Crippen LogP contribution is -2.33. The Balaban J connectivity index is 2.97. The highest BCUT2D eigenvalue weighted by atomic mass is 16.4. The van der Waals surface area contributed by atoms with Crippen molar-refractivity contribution in [2.45, 2.75) is 19.9 Å². The second-order valence-corrected chi connectivity index (χ2v) is 3.37. The lowest BCUT2D eigenvalue weighted by molar-refractivity contribution is -0.143. The Bertz CT molecular complexity index is 307. The van der Waals surface area contributed by atoms with Crippen LogP contribution < -0.4 is 0 Å². The van der Waals surface area contributed by atoms with E-state index in [1.165, 1.54) is 0 Å². The van der Waals surface area contributed by atoms with E-state index in [9.17, 15) is 9.90 Å². The third-order valence-corrected chi connectivity index (χ3v) is 2.53. The van der Waals surface area contributed by atoms with Crippen molar-refractivity contribution in [1.29, 1.82) is 0 Å². The van der Waals surface area contributed by atoms with Crippen LogP contribution in [0.2, 0.25) is 0 Å². The molecule has 0 fully saturated rings. The minimum absolute atomic E-state index is 0.527. The summed E-state index contributed by atoms with van der Waals surface area (Å²) in [7, 11) is 0. The molecule has 0 aliphatic heterocycles. The van der Waals surface area contributed by atoms with Crippen LogP contribution in [0.1, 0.15) is 25.5 Å². The molecule has 1 N–H and O–H groups in total. The van der Waals surface area contributed by atoms with E-state index in [-0.39, 0.29) is 0 Å². The SMILES string of the molecule is CCN(CC)[C@@H](C(=O)O)c1ccccc1. The number of benzene rings is 1. The molecule has 82 valence electrons. The zero-order valence-corrected chi connectivity index (χ0v) is 9.18. The normalized spacial score (nSPS) is 12.7. The monoisotopic (exact) mass is 207 g/mol. The van der Waals surface area contributed by atoms with Gasteiger partial charge in [-0.15, -0.1) is 0 Å². The number of carboxylic acid groups (broad SMARTS) is 1. The van der Waals surface area contributed by atoms with E-state index in [0.717, 1.165) is 18.7 Å². The number of carbonyl (C=O) groups is 1. The van der Waals surface area contributed by atoms with Crippen molar-refractivity contribution < 1.29 is 9.90 Å². The van der Waals surface area contributed by atoms with Gasteiger partial charge in [0.2, 0.25) is 0 Å². The summed E-state index contributed by atoms with van der Waals surface area (Å²) in [6.45, 7) is 5.43. The van der Waals surface area contributed by atoms with Gasteiger partial charge in [0.05, 0.1) is 0 Å². The topological polar surface area (TPSA) is 40.5 Å². The Morgan fingerprint density at radius 3 is 2.20 bits per heavy atom. The molecule has 1 atom stereocenters. The molecule has 0 saturated heterocycles. The smallest absolute Gasteiger partial charge is 0.325 e. The quantitative estimate of drug-likeness (QED) is 0.804. The molecule has 0 bridgehead atoms. The standard InChI is InChI=1S/C12H17NO2/c1-3-13(4-2)11(12(14)15)10-8-6-5-7-9-10/h5-9,11H,3-4H2,1-2H3,(H,14,15)/t11-/m1/s1. The first-order chi connectivity index (χ1) is 7.20. The van der Waals surface area contributed by atoms with Crippen molar-refractivity contribution in [2.24, 2.45) is 0 Å². The van der Waals surface area contributed by atoms with Gasteiger partial charge in [-0.1, -0.05) is 44.2 Å². The maximum absolute atomic E-state index is 11.2. The molecule has 0 heterocycles. The molecule has 0 unspecified atom stereocenters. The van der Waals surface area contributed by atoms with Crippen LogP contribution >= 0.6 is 0 Å². The Labute approximate surface area is 90.3 Å². The van der Waals surface area contributed by atoms with Crippen molar-refractivity contribution in [3.8, 4) is 0 Å². The van der Waals surface area contributed by atoms with Gasteiger partial charge in [-0.3, -0.25) is 9.69 Å². The molecule has 1 aromatic carbocycles. The second-order valence-electron chi connectivity index (χ2n) is 3.37. The van der Waals surface area contributed by atoms with Gasteiger partial charge in [0.15, 0.2) is 0 Å². The first-order valence-corrected chi connectivity index (χ1v) is 5.22. The first kappa shape index (κ1) is 11.7. The van der Waals surface area contributed by atoms with Gasteiger partial charge in [-0.05, 0) is 18.7 Å². The minimum Gasteiger partial charge on any atom is -0.480 e. The molecule has 0 amide bonds. The average molecular weight is 207 g/mol. The van der Waals surface area contributed by atoms with Gasteiger partial charge in [0.25, 0.3) is 0 Å². The number of hydrogen-bond donors (Lipinski definition) is 1. The summed E-state index contributed by atoms with van der Waals surface area (Å²) in [5.74, 6) is -0.787. The molecular formula is C12H17NO2. The summed E-state index contributed by atoms with van der Waals surface area (Å²) < 4.78 is 0. The Morgan fingerprint density at radius 1 is 1.27 bits per heavy atom. The van der Waals surface area contributed by atoms with Crippen LogP contribution in [0.4, 0.5) is 0 Å². The molecular weight excluding hydrogens is 190 g/mol. The van der Waals surface area contributed by atoms with Gasteiger partial charge in [0.1, 0.15) is 6.04 Å². The van der Waals surface area contributed by atoms with E-state index in [2.05, 4.69) is 0 Å². The molecule has 0 aromatic heterocycles. The molecule has 3 heteroatoms. The van der Waals surface area contributed by atoms with Gasteiger partial charge >= 0.3 is 5.97 Å². The predicted molar refractivity (Wildman–Crippen MR) is 59.7 cm³/mol. The van der Waals surface area contributed by atoms with Crippen LogP contribution in [-0.4, -0.2) is 29.1 Å². The molecule has 0 aliphatic carbocycles. The lowest BCUT2D eigenvalue weighted by Gasteiger charge is -2.26. The lowest BCUT2D eigenvalue weighted by atomic mass is 10.1. The number of rotatable bonds is 5. The van der Waals surface area contributed by atoms with Crippen LogP contribution in [0.15, 0.2) is 30.3 Å². The Kier molecular flexibility index (Phi) is 4.31. The summed E-state index contributed by atoms with van der Waals surface area (Å²) in [6.07, 6.45) is 0. The third-order valence-electron chi connectivity index (χ3n) is 2.53. The summed E-state index contributed by atoms with van der Waals surface area (Å²) in [5.41, 5.74) is 0.841. The summed E-state index contributed by atoms with van der Waals surface area (Å²) in [4.78, 5) is 13.1. The highest BCUT2D eigenvalue weighted by Crippen LogP contribution is 2.20. The summed E-state index contributed by atoms with van der Waals surface area (Å²) in [5, 5.41) is 9.22. The molecule has 1 rings (SSSR count). The van der Waals surface area contributed by atoms with Crippen molar-refractivity contribution in [2.75, 3.05) is 13.1 Å². The average Bonchev–Trinajstić information content (AvgIpc) is 2.26. The van der Waals surface area contributed by atoms with E-state index in [1.807, 2.05) is 49.1 Å². The molecule has 0 spiro atoms. The second kappa shape index (κ2) is 5.51. The van der Waals surface area contributed by atoms with Crippen molar-refractivity contribution in [1.82, 2.24) is 4.90 Å². The maximum atomic E-state index is 11.2. The van der Waals surface area contributed by atoms with Crippen LogP contribution in [0.5, 0.6) is 0 Å². The third kappa shape index (κ3) is 2.80. The summed E-state index contributed by atoms with van der Waals surface area (Å²) >= 11 is 0. The molecule has 3 nitrogen and oxygen atoms in total. The van der Waals surface area contributed by atoms with Crippen LogP contribution in [-0.2, 0) is 4.79 Å². The van der Waals surface area contributed by atoms with Crippen LogP contribution in [0.25, 0.3) is 0 Å². The minimum atomic E-state index is -0.787. The largest absolute Gasteiger partial charge is 0.480 e. The van der Waals surface area contributed by atoms with Gasteiger partial charge in [-0.2, -0.15) is 0 Å². The first-order valence-electron chi connectivity index (χ1n) is 5.22. The number of carboxylic acids is 1. The zero-order valence-electron chi connectivity index (χ0n) is 9.18. The van der Waals surface area contributed by atoms with Crippen molar-refractivity contribution in [3.05, 3.63) is 35.9 Å². The number of likely N-dealkylation sites (N-methyl/N-ethyl adjacent to an activating group) is 1. The molecule has 0 aliphatic rings. The zero-order chi connectivity index (χ0) is 11.3. The highest BCUT2D eigenvalue weighted by molar-refractivity contribution is 5.75. The number of aliphatic carboxylic acids is 1. The fourth-order valence-corrected chi connectivity index (χ4v) is 1.73. The van der Waals surface area contributed by atoms with E-state index < -0.39 is 12.0 Å². The number of hydrogen-bond acceptors (Lipinski definition) is 2. The van der Waals surface area contributed by atoms with Gasteiger partial charge in [0, 0.05) is 0 Å². The van der Waals surface area contributed by atoms with Crippen LogP contribution in [0.3, 0.4) is 0 Å². The van der Waals surface area contributed by atoms with E-state index >= 15 is 0 Å². The van der Waals surface area contributed by atoms with Crippen molar-refractivity contribution >= 4 is 5.97 Å². The molecule has 15 heavy (non-hydrogen) atoms. The highest BCUT2D eigenvalue weighted by Gasteiger charge is 2.24. The van der Waals surface area contributed by atoms with Gasteiger partial charge in [-0.25, -0.2) is 0 Å². The molecule has 1 aromatic rings. The van der Waals surface area contributed by atoms with Gasteiger partial charge < -0.3 is 5.11 Å². The Hall–Kier alpha value is -1.35.